The molecule has 0 aromatic heterocycles. The molecule has 0 aromatic rings. The molecular weight excluding hydrogens is 1550 g/mol. The Bertz CT molecular complexity index is 2650. The molecule has 0 unspecified atom stereocenters. The largest absolute Gasteiger partial charge is 0.481 e. The van der Waals surface area contributed by atoms with Crippen molar-refractivity contribution in [1.29, 1.82) is 0 Å². The predicted molar refractivity (Wildman–Crippen MR) is 463 cm³/mol. The third-order valence-electron chi connectivity index (χ3n) is 19.6. The molecule has 0 fully saturated rings. The van der Waals surface area contributed by atoms with Gasteiger partial charge in [-0.1, -0.05) is 201 Å². The maximum atomic E-state index is 12.6. The first-order chi connectivity index (χ1) is 57.8. The lowest BCUT2D eigenvalue weighted by molar-refractivity contribution is -0.138. The van der Waals surface area contributed by atoms with Crippen molar-refractivity contribution in [3.8, 4) is 0 Å². The third-order valence-corrected chi connectivity index (χ3v) is 19.6. The molecule has 30 nitrogen and oxygen atoms in total. The van der Waals surface area contributed by atoms with Crippen molar-refractivity contribution in [1.82, 2.24) is 31.9 Å². The van der Waals surface area contributed by atoms with E-state index in [0.717, 1.165) is 83.5 Å². The number of carboxylic acids is 2. The van der Waals surface area contributed by atoms with Crippen LogP contribution in [0.2, 0.25) is 0 Å². The molecule has 698 valence electrons. The van der Waals surface area contributed by atoms with Crippen molar-refractivity contribution < 1.29 is 115 Å². The Morgan fingerprint density at radius 2 is 0.508 bits per heavy atom. The Morgan fingerprint density at radius 3 is 0.833 bits per heavy atom. The van der Waals surface area contributed by atoms with Gasteiger partial charge in [0.2, 0.25) is 29.5 Å². The normalized spacial score (nSPS) is 12.2. The molecule has 0 saturated carbocycles. The number of aliphatic carboxylic acids is 2. The Balaban J connectivity index is 0. The van der Waals surface area contributed by atoms with E-state index in [0.29, 0.717) is 156 Å². The van der Waals surface area contributed by atoms with Crippen LogP contribution in [0.25, 0.3) is 0 Å². The van der Waals surface area contributed by atoms with Crippen LogP contribution in [-0.4, -0.2) is 250 Å². The average Bonchev–Trinajstić information content (AvgIpc) is 0.916. The van der Waals surface area contributed by atoms with Gasteiger partial charge in [0, 0.05) is 95.4 Å². The highest BCUT2D eigenvalue weighted by Gasteiger charge is 2.23. The average molecular weight is 1710 g/mol. The van der Waals surface area contributed by atoms with E-state index >= 15 is 0 Å². The summed E-state index contributed by atoms with van der Waals surface area (Å²) in [6.07, 6.45) is 37.8. The molecule has 0 aliphatic heterocycles. The number of unbranched alkanes of at least 4 members (excludes halogenated alkanes) is 28. The summed E-state index contributed by atoms with van der Waals surface area (Å²) in [7, 11) is 0. The molecule has 0 rings (SSSR count). The summed E-state index contributed by atoms with van der Waals surface area (Å²) < 4.78 is 54.1. The first-order valence-electron chi connectivity index (χ1n) is 45.5. The molecule has 0 spiro atoms. The molecule has 0 radical (unpaired) electrons. The Labute approximate surface area is 719 Å². The predicted octanol–water partition coefficient (Wildman–Crippen LogP) is 12.3. The minimum Gasteiger partial charge on any atom is -0.481 e. The van der Waals surface area contributed by atoms with Crippen molar-refractivity contribution in [2.75, 3.05) is 145 Å². The minimum absolute atomic E-state index is 0.00241. The van der Waals surface area contributed by atoms with Crippen molar-refractivity contribution in [3.63, 3.8) is 0 Å². The van der Waals surface area contributed by atoms with Gasteiger partial charge in [0.1, 0.15) is 38.5 Å². The monoisotopic (exact) mass is 1710 g/mol. The number of carbonyl (C=O) groups is 12. The van der Waals surface area contributed by atoms with Crippen LogP contribution in [0.3, 0.4) is 0 Å². The van der Waals surface area contributed by atoms with Gasteiger partial charge >= 0.3 is 11.9 Å². The molecule has 0 aliphatic carbocycles. The fourth-order valence-corrected chi connectivity index (χ4v) is 11.9. The third kappa shape index (κ3) is 82.7. The topological polar surface area (TPSA) is 410 Å². The maximum Gasteiger partial charge on any atom is 0.303 e. The molecule has 30 heteroatoms. The maximum absolute atomic E-state index is 12.6. The van der Waals surface area contributed by atoms with E-state index in [-0.39, 0.29) is 123 Å². The highest BCUT2D eigenvalue weighted by atomic mass is 16.5. The number of ether oxygens (including phenoxy) is 10. The molecule has 0 bridgehead atoms. The number of ketones is 5. The molecule has 0 aromatic carbocycles. The smallest absolute Gasteiger partial charge is 0.303 e. The summed E-state index contributed by atoms with van der Waals surface area (Å²) in [5, 5.41) is 34.0. The van der Waals surface area contributed by atoms with Gasteiger partial charge in [-0.25, -0.2) is 0 Å². The summed E-state index contributed by atoms with van der Waals surface area (Å²) in [4.78, 5) is 143. The van der Waals surface area contributed by atoms with Crippen molar-refractivity contribution in [2.24, 2.45) is 11.8 Å². The van der Waals surface area contributed by atoms with E-state index in [4.69, 9.17) is 57.6 Å². The number of Topliss-reactive ketones (excluding diaryl/α,β-unsaturated/α-hetero) is 5. The van der Waals surface area contributed by atoms with Gasteiger partial charge in [0.05, 0.1) is 98.0 Å². The SMILES string of the molecule is C=C(COCCOCCCC(=O)[C@H](C)NC(=O)[C@H](C)NC(=O)CCCCCCCCCCCCCCCCCCC(=O)O)NCCOCCOCC(=O)CCCOCCOCC(=O)C(C)C.CC(C)C(=O)COCCOCCNC(=O)COCCOCCCC(=O)[C@H](C)NC(=O)[C@H](C)NC(=O)CCCCCCCCCCCCCCCCC(=O)O. The van der Waals surface area contributed by atoms with Crippen LogP contribution in [0.4, 0.5) is 0 Å². The zero-order valence-corrected chi connectivity index (χ0v) is 75.4. The lowest BCUT2D eigenvalue weighted by atomic mass is 10.0. The number of carboxylic acid groups (broad SMARTS) is 2. The summed E-state index contributed by atoms with van der Waals surface area (Å²) in [6.45, 7) is 24.3. The number of nitrogens with one attached hydrogen (secondary N) is 6. The van der Waals surface area contributed by atoms with Gasteiger partial charge < -0.3 is 89.5 Å². The Kier molecular flexibility index (Phi) is 82.0. The molecule has 8 N–H and O–H groups in total. The number of carbonyl (C=O) groups excluding carboxylic acids is 10. The van der Waals surface area contributed by atoms with Crippen LogP contribution in [0.5, 0.6) is 0 Å². The second-order valence-corrected chi connectivity index (χ2v) is 31.7. The summed E-state index contributed by atoms with van der Waals surface area (Å²) in [5.41, 5.74) is 0.705. The van der Waals surface area contributed by atoms with Gasteiger partial charge in [0.25, 0.3) is 0 Å². The lowest BCUT2D eigenvalue weighted by Gasteiger charge is -2.18. The van der Waals surface area contributed by atoms with E-state index in [9.17, 15) is 57.5 Å². The first-order valence-corrected chi connectivity index (χ1v) is 45.5. The zero-order valence-electron chi connectivity index (χ0n) is 75.4. The number of hydrogen-bond donors (Lipinski definition) is 8. The highest BCUT2D eigenvalue weighted by Crippen LogP contribution is 2.17. The second-order valence-electron chi connectivity index (χ2n) is 31.7. The fourth-order valence-electron chi connectivity index (χ4n) is 11.9. The van der Waals surface area contributed by atoms with E-state index in [1.807, 2.05) is 27.7 Å². The van der Waals surface area contributed by atoms with Gasteiger partial charge in [0.15, 0.2) is 28.9 Å². The molecule has 0 aliphatic rings. The van der Waals surface area contributed by atoms with Crippen LogP contribution in [-0.2, 0) is 105 Å². The van der Waals surface area contributed by atoms with E-state index in [1.54, 1.807) is 27.7 Å². The summed E-state index contributed by atoms with van der Waals surface area (Å²) in [5.74, 6) is -2.98. The Morgan fingerprint density at radius 1 is 0.242 bits per heavy atom. The van der Waals surface area contributed by atoms with Crippen LogP contribution >= 0.6 is 0 Å². The molecule has 120 heavy (non-hydrogen) atoms. The zero-order chi connectivity index (χ0) is 89.1. The number of rotatable bonds is 90. The lowest BCUT2D eigenvalue weighted by Crippen LogP contribution is -2.49. The molecule has 4 atom stereocenters. The van der Waals surface area contributed by atoms with Gasteiger partial charge in [-0.2, -0.15) is 0 Å². The molecular formula is C90H164N6O24. The van der Waals surface area contributed by atoms with Crippen molar-refractivity contribution in [2.45, 2.75) is 336 Å². The highest BCUT2D eigenvalue weighted by molar-refractivity contribution is 5.93. The quantitative estimate of drug-likeness (QED) is 0.0262. The summed E-state index contributed by atoms with van der Waals surface area (Å²) >= 11 is 0. The van der Waals surface area contributed by atoms with Gasteiger partial charge in [-0.3, -0.25) is 57.5 Å². The molecule has 0 saturated heterocycles. The van der Waals surface area contributed by atoms with Crippen LogP contribution in [0, 0.1) is 11.8 Å². The summed E-state index contributed by atoms with van der Waals surface area (Å²) in [6, 6.07) is -2.80. The standard InChI is InChI=1S/C50H91N3O13.C40H73N3O11/c1-41(2)47(56)40-66-37-33-61-29-22-24-45(54)39-65-36-34-63-31-28-51-42(3)38-64-35-32-62-30-23-25-46(55)43(4)53-50(60)44(5)52-48(57)26-20-18-16-14-12-10-8-6-7-9-11-13-15-17-19-21-27-49(58)59;1-32(2)36(45)30-53-28-27-52-25-23-41-38(47)31-54-29-26-51-24-19-20-35(44)33(3)43-40(50)34(4)42-37(46)21-17-15-13-11-9-7-5-6-8-10-12-14-16-18-22-39(48)49/h41,43-44,51H,3,6-40H2,1-2,4-5H3,(H,52,57)(H,53,60)(H,58,59);32-34H,5-31H2,1-4H3,(H,41,47)(H,42,46)(H,43,50)(H,48,49)/t43-,44-;33-,34-/m00/s1. The van der Waals surface area contributed by atoms with Gasteiger partial charge in [-0.15, -0.1) is 0 Å². The van der Waals surface area contributed by atoms with E-state index in [1.165, 1.54) is 109 Å². The van der Waals surface area contributed by atoms with E-state index < -0.39 is 42.0 Å². The fraction of sp³-hybridized carbons (Fsp3) is 0.844. The van der Waals surface area contributed by atoms with Crippen LogP contribution in [0.15, 0.2) is 12.3 Å². The first kappa shape index (κ1) is 116. The second kappa shape index (κ2) is 85.0. The molecule has 5 amide bonds. The van der Waals surface area contributed by atoms with E-state index in [2.05, 4.69) is 38.5 Å². The number of amides is 5. The van der Waals surface area contributed by atoms with Crippen LogP contribution in [0.1, 0.15) is 312 Å². The minimum atomic E-state index is -0.734. The molecule has 0 heterocycles. The van der Waals surface area contributed by atoms with Gasteiger partial charge in [-0.05, 0) is 72.6 Å². The Hall–Kier alpha value is -6.22. The number of hydrogen-bond acceptors (Lipinski definition) is 23. The van der Waals surface area contributed by atoms with Crippen molar-refractivity contribution >= 4 is 70.4 Å². The van der Waals surface area contributed by atoms with Crippen molar-refractivity contribution in [3.05, 3.63) is 12.3 Å². The van der Waals surface area contributed by atoms with Crippen LogP contribution < -0.4 is 31.9 Å².